The molecular weight excluding hydrogens is 250 g/mol. The van der Waals surface area contributed by atoms with E-state index in [1.54, 1.807) is 0 Å². The first-order chi connectivity index (χ1) is 9.45. The van der Waals surface area contributed by atoms with Crippen LogP contribution in [0.2, 0.25) is 0 Å². The highest BCUT2D eigenvalue weighted by Crippen LogP contribution is 2.21. The zero-order valence-electron chi connectivity index (χ0n) is 12.6. The van der Waals surface area contributed by atoms with Gasteiger partial charge in [0.15, 0.2) is 0 Å². The fourth-order valence-corrected chi connectivity index (χ4v) is 2.29. The van der Waals surface area contributed by atoms with Gasteiger partial charge in [-0.1, -0.05) is 12.1 Å². The van der Waals surface area contributed by atoms with Crippen LogP contribution in [-0.2, 0) is 13.5 Å². The number of aromatic nitrogens is 2. The molecule has 0 bridgehead atoms. The van der Waals surface area contributed by atoms with Gasteiger partial charge in [-0.3, -0.25) is 4.68 Å². The largest absolute Gasteiger partial charge is 0.491 e. The van der Waals surface area contributed by atoms with Crippen LogP contribution in [0.1, 0.15) is 36.8 Å². The molecule has 1 aromatic carbocycles. The van der Waals surface area contributed by atoms with Gasteiger partial charge in [-0.05, 0) is 44.5 Å². The molecule has 0 aliphatic heterocycles. The Morgan fingerprint density at radius 2 is 2.05 bits per heavy atom. The zero-order chi connectivity index (χ0) is 14.7. The fourth-order valence-electron chi connectivity index (χ4n) is 2.29. The Morgan fingerprint density at radius 3 is 2.65 bits per heavy atom. The van der Waals surface area contributed by atoms with Crippen LogP contribution in [-0.4, -0.2) is 15.9 Å². The molecule has 2 N–H and O–H groups in total. The van der Waals surface area contributed by atoms with Crippen molar-refractivity contribution in [2.75, 3.05) is 0 Å². The van der Waals surface area contributed by atoms with E-state index in [2.05, 4.69) is 11.2 Å². The van der Waals surface area contributed by atoms with Crippen LogP contribution in [0, 0.1) is 6.92 Å². The zero-order valence-corrected chi connectivity index (χ0v) is 12.6. The number of aryl methyl sites for hydroxylation is 2. The van der Waals surface area contributed by atoms with Crippen LogP contribution in [0.3, 0.4) is 0 Å². The summed E-state index contributed by atoms with van der Waals surface area (Å²) >= 11 is 0. The van der Waals surface area contributed by atoms with E-state index in [1.165, 1.54) is 0 Å². The summed E-state index contributed by atoms with van der Waals surface area (Å²) in [7, 11) is 1.95. The molecule has 0 aliphatic rings. The SMILES string of the molecule is Cc1cc(CC(N)c2cccc(OC(C)C)c2)n(C)n1. The quantitative estimate of drug-likeness (QED) is 0.911. The van der Waals surface area contributed by atoms with Crippen LogP contribution in [0.5, 0.6) is 5.75 Å². The summed E-state index contributed by atoms with van der Waals surface area (Å²) in [5.74, 6) is 0.870. The van der Waals surface area contributed by atoms with Gasteiger partial charge in [0.1, 0.15) is 5.75 Å². The summed E-state index contributed by atoms with van der Waals surface area (Å²) in [6, 6.07) is 10.0. The van der Waals surface area contributed by atoms with Gasteiger partial charge in [0.2, 0.25) is 0 Å². The van der Waals surface area contributed by atoms with Crippen molar-refractivity contribution < 1.29 is 4.74 Å². The predicted octanol–water partition coefficient (Wildman–Crippen LogP) is 2.76. The Kier molecular flexibility index (Phi) is 4.45. The van der Waals surface area contributed by atoms with E-state index in [-0.39, 0.29) is 12.1 Å². The highest BCUT2D eigenvalue weighted by atomic mass is 16.5. The van der Waals surface area contributed by atoms with Crippen LogP contribution in [0.25, 0.3) is 0 Å². The standard InChI is InChI=1S/C16H23N3O/c1-11(2)20-15-7-5-6-13(9-15)16(17)10-14-8-12(3)18-19(14)4/h5-9,11,16H,10,17H2,1-4H3. The molecular formula is C16H23N3O. The van der Waals surface area contributed by atoms with Crippen molar-refractivity contribution in [1.82, 2.24) is 9.78 Å². The second-order valence-corrected chi connectivity index (χ2v) is 5.45. The summed E-state index contributed by atoms with van der Waals surface area (Å²) in [4.78, 5) is 0. The van der Waals surface area contributed by atoms with E-state index in [4.69, 9.17) is 10.5 Å². The lowest BCUT2D eigenvalue weighted by Gasteiger charge is -2.15. The number of hydrogen-bond donors (Lipinski definition) is 1. The number of hydrogen-bond acceptors (Lipinski definition) is 3. The molecule has 0 amide bonds. The van der Waals surface area contributed by atoms with E-state index in [1.807, 2.05) is 56.8 Å². The van der Waals surface area contributed by atoms with Crippen LogP contribution >= 0.6 is 0 Å². The van der Waals surface area contributed by atoms with Crippen molar-refractivity contribution in [1.29, 1.82) is 0 Å². The summed E-state index contributed by atoms with van der Waals surface area (Å²) in [5.41, 5.74) is 9.56. The molecule has 0 saturated carbocycles. The number of nitrogens with two attached hydrogens (primary N) is 1. The third-order valence-corrected chi connectivity index (χ3v) is 3.19. The molecule has 20 heavy (non-hydrogen) atoms. The maximum atomic E-state index is 6.31. The smallest absolute Gasteiger partial charge is 0.120 e. The minimum atomic E-state index is -0.0551. The van der Waals surface area contributed by atoms with Gasteiger partial charge in [-0.25, -0.2) is 0 Å². The molecule has 1 aromatic heterocycles. The highest BCUT2D eigenvalue weighted by molar-refractivity contribution is 5.31. The van der Waals surface area contributed by atoms with E-state index in [0.29, 0.717) is 0 Å². The molecule has 4 heteroatoms. The molecule has 4 nitrogen and oxygen atoms in total. The van der Waals surface area contributed by atoms with Crippen molar-refractivity contribution in [2.45, 2.75) is 39.3 Å². The number of rotatable bonds is 5. The molecule has 1 heterocycles. The highest BCUT2D eigenvalue weighted by Gasteiger charge is 2.11. The molecule has 0 fully saturated rings. The maximum Gasteiger partial charge on any atom is 0.120 e. The van der Waals surface area contributed by atoms with Crippen molar-refractivity contribution in [3.05, 3.63) is 47.3 Å². The van der Waals surface area contributed by atoms with E-state index in [9.17, 15) is 0 Å². The van der Waals surface area contributed by atoms with Crippen molar-refractivity contribution >= 4 is 0 Å². The average Bonchev–Trinajstić information content (AvgIpc) is 2.67. The van der Waals surface area contributed by atoms with Crippen molar-refractivity contribution in [3.8, 4) is 5.75 Å². The molecule has 0 saturated heterocycles. The minimum absolute atomic E-state index is 0.0551. The van der Waals surface area contributed by atoms with Crippen molar-refractivity contribution in [2.24, 2.45) is 12.8 Å². The lowest BCUT2D eigenvalue weighted by atomic mass is 10.0. The fraction of sp³-hybridized carbons (Fsp3) is 0.438. The summed E-state index contributed by atoms with van der Waals surface area (Å²) < 4.78 is 7.60. The van der Waals surface area contributed by atoms with E-state index >= 15 is 0 Å². The number of ether oxygens (including phenoxy) is 1. The Hall–Kier alpha value is -1.81. The predicted molar refractivity (Wildman–Crippen MR) is 80.8 cm³/mol. The third-order valence-electron chi connectivity index (χ3n) is 3.19. The molecule has 1 atom stereocenters. The van der Waals surface area contributed by atoms with Crippen LogP contribution in [0.4, 0.5) is 0 Å². The minimum Gasteiger partial charge on any atom is -0.491 e. The molecule has 108 valence electrons. The van der Waals surface area contributed by atoms with Gasteiger partial charge in [0.05, 0.1) is 11.8 Å². The first-order valence-electron chi connectivity index (χ1n) is 6.97. The van der Waals surface area contributed by atoms with Crippen molar-refractivity contribution in [3.63, 3.8) is 0 Å². The molecule has 0 radical (unpaired) electrons. The number of nitrogens with zero attached hydrogens (tertiary/aromatic N) is 2. The monoisotopic (exact) mass is 273 g/mol. The molecule has 2 rings (SSSR count). The normalized spacial score (nSPS) is 12.7. The van der Waals surface area contributed by atoms with E-state index < -0.39 is 0 Å². The van der Waals surface area contributed by atoms with Crippen LogP contribution < -0.4 is 10.5 Å². The lowest BCUT2D eigenvalue weighted by Crippen LogP contribution is -2.15. The Labute approximate surface area is 120 Å². The Bertz CT molecular complexity index is 575. The molecule has 2 aromatic rings. The first kappa shape index (κ1) is 14.6. The van der Waals surface area contributed by atoms with Gasteiger partial charge in [0, 0.05) is 25.2 Å². The second-order valence-electron chi connectivity index (χ2n) is 5.45. The Balaban J connectivity index is 2.12. The molecule has 1 unspecified atom stereocenters. The summed E-state index contributed by atoms with van der Waals surface area (Å²) in [6.45, 7) is 6.03. The molecule has 0 spiro atoms. The average molecular weight is 273 g/mol. The lowest BCUT2D eigenvalue weighted by molar-refractivity contribution is 0.242. The summed E-state index contributed by atoms with van der Waals surface area (Å²) in [6.07, 6.45) is 0.934. The second kappa shape index (κ2) is 6.09. The summed E-state index contributed by atoms with van der Waals surface area (Å²) in [5, 5.41) is 4.35. The van der Waals surface area contributed by atoms with Crippen LogP contribution in [0.15, 0.2) is 30.3 Å². The number of benzene rings is 1. The first-order valence-corrected chi connectivity index (χ1v) is 6.97. The Morgan fingerprint density at radius 1 is 1.30 bits per heavy atom. The maximum absolute atomic E-state index is 6.31. The van der Waals surface area contributed by atoms with Gasteiger partial charge in [-0.2, -0.15) is 5.10 Å². The molecule has 0 aliphatic carbocycles. The van der Waals surface area contributed by atoms with E-state index in [0.717, 1.165) is 29.1 Å². The van der Waals surface area contributed by atoms with Gasteiger partial charge in [-0.15, -0.1) is 0 Å². The van der Waals surface area contributed by atoms with Gasteiger partial charge in [0.25, 0.3) is 0 Å². The topological polar surface area (TPSA) is 53.1 Å². The van der Waals surface area contributed by atoms with Gasteiger partial charge >= 0.3 is 0 Å². The third kappa shape index (κ3) is 3.61. The van der Waals surface area contributed by atoms with Gasteiger partial charge < -0.3 is 10.5 Å².